The number of thiazole rings is 1. The van der Waals surface area contributed by atoms with E-state index in [4.69, 9.17) is 5.11 Å². The van der Waals surface area contributed by atoms with Gasteiger partial charge in [0.1, 0.15) is 0 Å². The molecular weight excluding hydrogens is 222 g/mol. The van der Waals surface area contributed by atoms with Crippen LogP contribution >= 0.6 is 11.3 Å². The first-order valence-electron chi connectivity index (χ1n) is 4.88. The number of nitrogens with zero attached hydrogens (tertiary/aromatic N) is 3. The minimum absolute atomic E-state index is 0.0163. The average Bonchev–Trinajstić information content (AvgIpc) is 2.89. The topological polar surface area (TPSA) is 50.4 Å². The third kappa shape index (κ3) is 1.41. The van der Waals surface area contributed by atoms with Crippen molar-refractivity contribution in [1.82, 2.24) is 14.6 Å². The Labute approximate surface area is 95.8 Å². The smallest absolute Gasteiger partial charge is 0.212 e. The van der Waals surface area contributed by atoms with Crippen LogP contribution in [0.15, 0.2) is 35.7 Å². The maximum Gasteiger partial charge on any atom is 0.212 e. The molecule has 0 spiro atoms. The minimum Gasteiger partial charge on any atom is -0.390 e. The first-order chi connectivity index (χ1) is 7.88. The maximum absolute atomic E-state index is 9.12. The van der Waals surface area contributed by atoms with Gasteiger partial charge in [0.2, 0.25) is 4.96 Å². The van der Waals surface area contributed by atoms with E-state index in [9.17, 15) is 0 Å². The van der Waals surface area contributed by atoms with Crippen LogP contribution in [0.2, 0.25) is 0 Å². The molecular formula is C11H9N3OS. The van der Waals surface area contributed by atoms with Crippen molar-refractivity contribution in [1.29, 1.82) is 0 Å². The van der Waals surface area contributed by atoms with Gasteiger partial charge in [0.25, 0.3) is 0 Å². The Bertz CT molecular complexity index is 614. The zero-order valence-corrected chi connectivity index (χ0v) is 9.18. The number of hydrogen-bond donors (Lipinski definition) is 1. The summed E-state index contributed by atoms with van der Waals surface area (Å²) < 4.78 is 1.69. The van der Waals surface area contributed by atoms with E-state index in [1.165, 1.54) is 11.3 Å². The van der Waals surface area contributed by atoms with Gasteiger partial charge in [-0.3, -0.25) is 0 Å². The van der Waals surface area contributed by atoms with Crippen LogP contribution in [0.1, 0.15) is 5.69 Å². The molecule has 0 aliphatic carbocycles. The first-order valence-corrected chi connectivity index (χ1v) is 5.76. The summed E-state index contributed by atoms with van der Waals surface area (Å²) in [5, 5.41) is 15.4. The van der Waals surface area contributed by atoms with Crippen LogP contribution in [0.3, 0.4) is 0 Å². The molecule has 0 saturated carbocycles. The second kappa shape index (κ2) is 3.70. The highest BCUT2D eigenvalue weighted by Crippen LogP contribution is 2.20. The molecule has 2 aromatic heterocycles. The molecule has 1 N–H and O–H groups in total. The van der Waals surface area contributed by atoms with E-state index in [-0.39, 0.29) is 6.61 Å². The van der Waals surface area contributed by atoms with Crippen molar-refractivity contribution in [3.8, 4) is 11.4 Å². The average molecular weight is 231 g/mol. The summed E-state index contributed by atoms with van der Waals surface area (Å²) in [6, 6.07) is 9.81. The van der Waals surface area contributed by atoms with Gasteiger partial charge in [0.15, 0.2) is 5.82 Å². The highest BCUT2D eigenvalue weighted by Gasteiger charge is 2.09. The molecule has 0 radical (unpaired) electrons. The van der Waals surface area contributed by atoms with Crippen molar-refractivity contribution in [2.75, 3.05) is 0 Å². The molecule has 80 valence electrons. The van der Waals surface area contributed by atoms with Gasteiger partial charge in [-0.2, -0.15) is 4.98 Å². The molecule has 0 bridgehead atoms. The lowest BCUT2D eigenvalue weighted by Crippen LogP contribution is -1.92. The standard InChI is InChI=1S/C11H9N3OS/c15-6-9-7-16-11-12-10(13-14(9)11)8-4-2-1-3-5-8/h1-5,7,15H,6H2. The Morgan fingerprint density at radius 3 is 2.81 bits per heavy atom. The maximum atomic E-state index is 9.12. The van der Waals surface area contributed by atoms with Gasteiger partial charge in [-0.05, 0) is 0 Å². The van der Waals surface area contributed by atoms with E-state index in [1.54, 1.807) is 4.52 Å². The highest BCUT2D eigenvalue weighted by molar-refractivity contribution is 7.15. The van der Waals surface area contributed by atoms with Gasteiger partial charge in [0.05, 0.1) is 12.3 Å². The largest absolute Gasteiger partial charge is 0.390 e. The summed E-state index contributed by atoms with van der Waals surface area (Å²) in [6.07, 6.45) is 0. The van der Waals surface area contributed by atoms with Crippen molar-refractivity contribution in [3.63, 3.8) is 0 Å². The van der Waals surface area contributed by atoms with E-state index in [0.29, 0.717) is 5.82 Å². The predicted octanol–water partition coefficient (Wildman–Crippen LogP) is 1.95. The number of hydrogen-bond acceptors (Lipinski definition) is 4. The predicted molar refractivity (Wildman–Crippen MR) is 62.2 cm³/mol. The lowest BCUT2D eigenvalue weighted by molar-refractivity contribution is 0.274. The Hall–Kier alpha value is -1.72. The highest BCUT2D eigenvalue weighted by atomic mass is 32.1. The normalized spacial score (nSPS) is 11.1. The Balaban J connectivity index is 2.16. The molecule has 4 nitrogen and oxygen atoms in total. The molecule has 5 heteroatoms. The zero-order valence-electron chi connectivity index (χ0n) is 8.37. The van der Waals surface area contributed by atoms with Crippen LogP contribution < -0.4 is 0 Å². The van der Waals surface area contributed by atoms with Crippen LogP contribution in [-0.4, -0.2) is 19.7 Å². The SMILES string of the molecule is OCc1csc2nc(-c3ccccc3)nn12. The Kier molecular flexibility index (Phi) is 2.19. The van der Waals surface area contributed by atoms with Crippen molar-refractivity contribution >= 4 is 16.3 Å². The molecule has 1 aromatic carbocycles. The quantitative estimate of drug-likeness (QED) is 0.733. The third-order valence-electron chi connectivity index (χ3n) is 2.34. The van der Waals surface area contributed by atoms with Gasteiger partial charge < -0.3 is 5.11 Å². The molecule has 2 heterocycles. The molecule has 0 unspecified atom stereocenters. The van der Waals surface area contributed by atoms with Crippen LogP contribution in [-0.2, 0) is 6.61 Å². The molecule has 16 heavy (non-hydrogen) atoms. The molecule has 3 aromatic rings. The number of benzene rings is 1. The summed E-state index contributed by atoms with van der Waals surface area (Å²) in [5.41, 5.74) is 1.76. The second-order valence-corrected chi connectivity index (χ2v) is 4.22. The van der Waals surface area contributed by atoms with Crippen molar-refractivity contribution in [2.45, 2.75) is 6.61 Å². The molecule has 0 aliphatic heterocycles. The summed E-state index contributed by atoms with van der Waals surface area (Å²) >= 11 is 1.48. The molecule has 3 rings (SSSR count). The van der Waals surface area contributed by atoms with Gasteiger partial charge in [-0.15, -0.1) is 16.4 Å². The molecule has 0 amide bonds. The van der Waals surface area contributed by atoms with Crippen molar-refractivity contribution < 1.29 is 5.11 Å². The lowest BCUT2D eigenvalue weighted by atomic mass is 10.2. The second-order valence-electron chi connectivity index (χ2n) is 3.38. The van der Waals surface area contributed by atoms with Crippen molar-refractivity contribution in [2.24, 2.45) is 0 Å². The van der Waals surface area contributed by atoms with E-state index >= 15 is 0 Å². The molecule has 0 saturated heterocycles. The molecule has 0 aliphatic rings. The summed E-state index contributed by atoms with van der Waals surface area (Å²) in [4.78, 5) is 5.22. The van der Waals surface area contributed by atoms with Gasteiger partial charge in [-0.25, -0.2) is 4.52 Å². The third-order valence-corrected chi connectivity index (χ3v) is 3.21. The fourth-order valence-corrected chi connectivity index (χ4v) is 2.36. The summed E-state index contributed by atoms with van der Waals surface area (Å²) in [5.74, 6) is 0.696. The van der Waals surface area contributed by atoms with Crippen molar-refractivity contribution in [3.05, 3.63) is 41.4 Å². The monoisotopic (exact) mass is 231 g/mol. The van der Waals surface area contributed by atoms with E-state index in [2.05, 4.69) is 10.1 Å². The van der Waals surface area contributed by atoms with Crippen LogP contribution in [0, 0.1) is 0 Å². The van der Waals surface area contributed by atoms with Crippen LogP contribution in [0.25, 0.3) is 16.3 Å². The minimum atomic E-state index is -0.0163. The summed E-state index contributed by atoms with van der Waals surface area (Å²) in [7, 11) is 0. The number of aliphatic hydroxyl groups excluding tert-OH is 1. The number of rotatable bonds is 2. The van der Waals surface area contributed by atoms with Gasteiger partial charge in [-0.1, -0.05) is 30.3 Å². The first kappa shape index (κ1) is 9.50. The van der Waals surface area contributed by atoms with Crippen LogP contribution in [0.5, 0.6) is 0 Å². The fourth-order valence-electron chi connectivity index (χ4n) is 1.55. The number of aliphatic hydroxyl groups is 1. The molecule has 0 fully saturated rings. The number of aromatic nitrogens is 3. The number of fused-ring (bicyclic) bond motifs is 1. The Morgan fingerprint density at radius 1 is 1.25 bits per heavy atom. The van der Waals surface area contributed by atoms with Gasteiger partial charge >= 0.3 is 0 Å². The zero-order chi connectivity index (χ0) is 11.0. The van der Waals surface area contributed by atoms with Crippen LogP contribution in [0.4, 0.5) is 0 Å². The fraction of sp³-hybridized carbons (Fsp3) is 0.0909. The lowest BCUT2D eigenvalue weighted by Gasteiger charge is -1.92. The Morgan fingerprint density at radius 2 is 2.06 bits per heavy atom. The summed E-state index contributed by atoms with van der Waals surface area (Å²) in [6.45, 7) is -0.0163. The van der Waals surface area contributed by atoms with E-state index in [0.717, 1.165) is 16.2 Å². The van der Waals surface area contributed by atoms with Gasteiger partial charge in [0, 0.05) is 10.9 Å². The van der Waals surface area contributed by atoms with E-state index in [1.807, 2.05) is 35.7 Å². The van der Waals surface area contributed by atoms with E-state index < -0.39 is 0 Å². The molecule has 0 atom stereocenters.